The lowest BCUT2D eigenvalue weighted by molar-refractivity contribution is -0.131. The van der Waals surface area contributed by atoms with Crippen LogP contribution in [-0.4, -0.2) is 22.9 Å². The maximum absolute atomic E-state index is 11.8. The van der Waals surface area contributed by atoms with Crippen LogP contribution >= 0.6 is 11.3 Å². The van der Waals surface area contributed by atoms with Crippen molar-refractivity contribution in [2.45, 2.75) is 39.0 Å². The second-order valence-electron chi connectivity index (χ2n) is 5.63. The molecule has 0 fully saturated rings. The summed E-state index contributed by atoms with van der Waals surface area (Å²) in [6, 6.07) is 0. The Morgan fingerprint density at radius 3 is 2.74 bits per heavy atom. The number of carboxylic acid groups (broad SMARTS) is 1. The first-order valence-corrected chi connectivity index (χ1v) is 8.40. The van der Waals surface area contributed by atoms with E-state index < -0.39 is 17.8 Å². The highest BCUT2D eigenvalue weighted by Crippen LogP contribution is 2.40. The molecule has 0 saturated heterocycles. The van der Waals surface area contributed by atoms with Crippen LogP contribution in [0.3, 0.4) is 0 Å². The Morgan fingerprint density at radius 2 is 2.13 bits per heavy atom. The smallest absolute Gasteiger partial charge is 0.328 e. The molecule has 0 aliphatic heterocycles. The van der Waals surface area contributed by atoms with E-state index in [1.807, 2.05) is 0 Å². The predicted molar refractivity (Wildman–Crippen MR) is 88.7 cm³/mol. The Labute approximate surface area is 138 Å². The molecule has 0 spiro atoms. The van der Waals surface area contributed by atoms with E-state index in [0.717, 1.165) is 54.7 Å². The number of nitrogens with one attached hydrogen (secondary N) is 1. The fourth-order valence-corrected chi connectivity index (χ4v) is 4.33. The van der Waals surface area contributed by atoms with Crippen LogP contribution in [0.2, 0.25) is 0 Å². The van der Waals surface area contributed by atoms with Crippen LogP contribution in [0.4, 0.5) is 5.00 Å². The number of thiophene rings is 1. The van der Waals surface area contributed by atoms with Crippen LogP contribution in [0.25, 0.3) is 0 Å². The zero-order valence-electron chi connectivity index (χ0n) is 12.9. The number of carboxylic acids is 1. The molecule has 1 atom stereocenters. The lowest BCUT2D eigenvalue weighted by Crippen LogP contribution is -2.19. The van der Waals surface area contributed by atoms with Crippen LogP contribution in [-0.2, 0) is 22.4 Å². The van der Waals surface area contributed by atoms with Crippen molar-refractivity contribution in [3.8, 4) is 0 Å². The summed E-state index contributed by atoms with van der Waals surface area (Å²) in [5.41, 5.74) is 6.79. The van der Waals surface area contributed by atoms with Gasteiger partial charge >= 0.3 is 5.97 Å². The highest BCUT2D eigenvalue weighted by molar-refractivity contribution is 7.17. The number of anilines is 1. The van der Waals surface area contributed by atoms with E-state index in [2.05, 4.69) is 12.2 Å². The summed E-state index contributed by atoms with van der Waals surface area (Å²) >= 11 is 1.37. The summed E-state index contributed by atoms with van der Waals surface area (Å²) in [4.78, 5) is 35.1. The van der Waals surface area contributed by atoms with Gasteiger partial charge in [0.2, 0.25) is 5.91 Å². The molecule has 0 aromatic carbocycles. The molecule has 1 aliphatic rings. The third-order valence-corrected chi connectivity index (χ3v) is 5.09. The van der Waals surface area contributed by atoms with Gasteiger partial charge in [-0.15, -0.1) is 11.3 Å². The fourth-order valence-electron chi connectivity index (χ4n) is 2.96. The summed E-state index contributed by atoms with van der Waals surface area (Å²) in [6.07, 6.45) is 6.65. The van der Waals surface area contributed by atoms with E-state index in [-0.39, 0.29) is 0 Å². The quantitative estimate of drug-likeness (QED) is 0.693. The number of primary amides is 1. The Kier molecular flexibility index (Phi) is 5.54. The maximum atomic E-state index is 11.8. The number of hydrogen-bond acceptors (Lipinski definition) is 4. The van der Waals surface area contributed by atoms with Crippen molar-refractivity contribution in [2.75, 3.05) is 5.32 Å². The summed E-state index contributed by atoms with van der Waals surface area (Å²) in [7, 11) is 0. The average molecular weight is 336 g/mol. The van der Waals surface area contributed by atoms with E-state index in [1.165, 1.54) is 11.3 Å². The predicted octanol–water partition coefficient (Wildman–Crippen LogP) is 2.33. The highest BCUT2D eigenvalue weighted by atomic mass is 32.1. The van der Waals surface area contributed by atoms with Gasteiger partial charge < -0.3 is 16.2 Å². The number of nitrogens with two attached hydrogens (primary N) is 1. The molecule has 1 aromatic rings. The van der Waals surface area contributed by atoms with Gasteiger partial charge in [-0.1, -0.05) is 19.8 Å². The van der Waals surface area contributed by atoms with Crippen molar-refractivity contribution in [3.63, 3.8) is 0 Å². The molecule has 4 N–H and O–H groups in total. The molecule has 2 amide bonds. The molecule has 0 saturated carbocycles. The molecule has 1 aliphatic carbocycles. The van der Waals surface area contributed by atoms with Crippen molar-refractivity contribution in [3.05, 3.63) is 28.2 Å². The van der Waals surface area contributed by atoms with E-state index in [1.54, 1.807) is 0 Å². The minimum absolute atomic E-state index is 0.372. The SMILES string of the molecule is CCC[C@@H]1CCc2c(sc(NC(=O)/C=C\C(=O)O)c2C(N)=O)C1. The van der Waals surface area contributed by atoms with E-state index in [0.29, 0.717) is 16.5 Å². The van der Waals surface area contributed by atoms with Crippen LogP contribution in [0.1, 0.15) is 47.0 Å². The van der Waals surface area contributed by atoms with Crippen molar-refractivity contribution < 1.29 is 19.5 Å². The number of carbonyl (C=O) groups excluding carboxylic acids is 2. The number of hydrogen-bond donors (Lipinski definition) is 3. The largest absolute Gasteiger partial charge is 0.478 e. The van der Waals surface area contributed by atoms with Crippen LogP contribution in [0, 0.1) is 5.92 Å². The third-order valence-electron chi connectivity index (χ3n) is 3.92. The normalized spacial score (nSPS) is 17.0. The molecule has 0 bridgehead atoms. The molecule has 7 heteroatoms. The van der Waals surface area contributed by atoms with Crippen molar-refractivity contribution in [2.24, 2.45) is 11.7 Å². The zero-order valence-corrected chi connectivity index (χ0v) is 13.7. The van der Waals surface area contributed by atoms with Gasteiger partial charge in [-0.05, 0) is 30.7 Å². The number of carbonyl (C=O) groups is 3. The Balaban J connectivity index is 2.25. The van der Waals surface area contributed by atoms with E-state index in [4.69, 9.17) is 10.8 Å². The molecular formula is C16H20N2O4S. The van der Waals surface area contributed by atoms with Crippen molar-refractivity contribution >= 4 is 34.1 Å². The fraction of sp³-hybridized carbons (Fsp3) is 0.438. The first kappa shape index (κ1) is 17.2. The van der Waals surface area contributed by atoms with Gasteiger partial charge in [0, 0.05) is 17.0 Å². The first-order valence-electron chi connectivity index (χ1n) is 7.58. The second kappa shape index (κ2) is 7.41. The third kappa shape index (κ3) is 4.19. The number of amides is 2. The molecule has 1 aromatic heterocycles. The molecule has 6 nitrogen and oxygen atoms in total. The van der Waals surface area contributed by atoms with Gasteiger partial charge in [0.05, 0.1) is 5.56 Å². The molecule has 0 radical (unpaired) electrons. The van der Waals surface area contributed by atoms with Gasteiger partial charge in [0.15, 0.2) is 0 Å². The van der Waals surface area contributed by atoms with Gasteiger partial charge in [0.25, 0.3) is 5.91 Å². The van der Waals surface area contributed by atoms with Gasteiger partial charge in [0.1, 0.15) is 5.00 Å². The van der Waals surface area contributed by atoms with E-state index in [9.17, 15) is 14.4 Å². The van der Waals surface area contributed by atoms with Crippen molar-refractivity contribution in [1.82, 2.24) is 0 Å². The first-order chi connectivity index (χ1) is 10.9. The minimum atomic E-state index is -1.21. The number of rotatable bonds is 6. The lowest BCUT2D eigenvalue weighted by atomic mass is 9.84. The minimum Gasteiger partial charge on any atom is -0.478 e. The van der Waals surface area contributed by atoms with Crippen LogP contribution in [0.15, 0.2) is 12.2 Å². The molecule has 23 heavy (non-hydrogen) atoms. The second-order valence-corrected chi connectivity index (χ2v) is 6.74. The number of aliphatic carboxylic acids is 1. The molecule has 124 valence electrons. The zero-order chi connectivity index (χ0) is 17.0. The van der Waals surface area contributed by atoms with Gasteiger partial charge in [-0.25, -0.2) is 4.79 Å². The maximum Gasteiger partial charge on any atom is 0.328 e. The van der Waals surface area contributed by atoms with Gasteiger partial charge in [-0.2, -0.15) is 0 Å². The van der Waals surface area contributed by atoms with Crippen LogP contribution in [0.5, 0.6) is 0 Å². The number of fused-ring (bicyclic) bond motifs is 1. The topological polar surface area (TPSA) is 109 Å². The summed E-state index contributed by atoms with van der Waals surface area (Å²) < 4.78 is 0. The molecule has 0 unspecified atom stereocenters. The summed E-state index contributed by atoms with van der Waals surface area (Å²) in [5, 5.41) is 11.5. The summed E-state index contributed by atoms with van der Waals surface area (Å²) in [6.45, 7) is 2.15. The molecule has 1 heterocycles. The highest BCUT2D eigenvalue weighted by Gasteiger charge is 2.28. The Bertz CT molecular complexity index is 663. The molecular weight excluding hydrogens is 316 g/mol. The average Bonchev–Trinajstić information content (AvgIpc) is 2.82. The van der Waals surface area contributed by atoms with Gasteiger partial charge in [-0.3, -0.25) is 9.59 Å². The van der Waals surface area contributed by atoms with E-state index >= 15 is 0 Å². The summed E-state index contributed by atoms with van der Waals surface area (Å²) in [5.74, 6) is -1.75. The lowest BCUT2D eigenvalue weighted by Gasteiger charge is -2.21. The van der Waals surface area contributed by atoms with Crippen molar-refractivity contribution in [1.29, 1.82) is 0 Å². The molecule has 2 rings (SSSR count). The van der Waals surface area contributed by atoms with Crippen LogP contribution < -0.4 is 11.1 Å². The Hall–Kier alpha value is -2.15. The standard InChI is InChI=1S/C16H20N2O4S/c1-2-3-9-4-5-10-11(8-9)23-16(14(10)15(17)22)18-12(19)6-7-13(20)21/h6-7,9H,2-5,8H2,1H3,(H2,17,22)(H,18,19)(H,20,21)/b7-6-/t9-/m1/s1. The monoisotopic (exact) mass is 336 g/mol. The Morgan fingerprint density at radius 1 is 1.39 bits per heavy atom.